The van der Waals surface area contributed by atoms with Crippen molar-refractivity contribution < 1.29 is 33.0 Å². The lowest BCUT2D eigenvalue weighted by Gasteiger charge is -2.22. The maximum Gasteiger partial charge on any atom is 0.279 e. The van der Waals surface area contributed by atoms with E-state index in [1.807, 2.05) is 0 Å². The Balaban J connectivity index is 1.31. The summed E-state index contributed by atoms with van der Waals surface area (Å²) in [5, 5.41) is 0. The van der Waals surface area contributed by atoms with Crippen molar-refractivity contribution in [2.24, 2.45) is 5.92 Å². The van der Waals surface area contributed by atoms with Crippen molar-refractivity contribution in [1.29, 1.82) is 0 Å². The fourth-order valence-corrected chi connectivity index (χ4v) is 3.44. The smallest absolute Gasteiger partial charge is 0.279 e. The number of fused-ring (bicyclic) bond motifs is 1. The Morgan fingerprint density at radius 1 is 1.12 bits per heavy atom. The van der Waals surface area contributed by atoms with Crippen LogP contribution in [-0.4, -0.2) is 43.6 Å². The predicted octanol–water partition coefficient (Wildman–Crippen LogP) is 1.56. The Morgan fingerprint density at radius 3 is 2.66 bits per heavy atom. The number of ether oxygens (including phenoxy) is 3. The minimum absolute atomic E-state index is 0.00255. The van der Waals surface area contributed by atoms with Gasteiger partial charge in [0.15, 0.2) is 29.2 Å². The zero-order chi connectivity index (χ0) is 22.7. The Kier molecular flexibility index (Phi) is 6.11. The molecule has 2 aromatic carbocycles. The van der Waals surface area contributed by atoms with Gasteiger partial charge in [-0.2, -0.15) is 0 Å². The molecule has 0 aromatic heterocycles. The lowest BCUT2D eigenvalue weighted by Crippen LogP contribution is -2.49. The topological polar surface area (TPSA) is 106 Å². The molecule has 10 heteroatoms. The van der Waals surface area contributed by atoms with E-state index in [1.54, 1.807) is 24.3 Å². The van der Waals surface area contributed by atoms with Gasteiger partial charge in [-0.3, -0.25) is 25.2 Å². The zero-order valence-electron chi connectivity index (χ0n) is 17.3. The molecule has 0 saturated carbocycles. The number of carbonyl (C=O) groups excluding carboxylic acids is 3. The fraction of sp³-hybridized carbons (Fsp3) is 0.318. The lowest BCUT2D eigenvalue weighted by molar-refractivity contribution is -0.134. The lowest BCUT2D eigenvalue weighted by atomic mass is 10.1. The molecule has 2 heterocycles. The number of para-hydroxylation sites is 1. The van der Waals surface area contributed by atoms with Crippen LogP contribution in [0.25, 0.3) is 0 Å². The van der Waals surface area contributed by atoms with Crippen LogP contribution in [0.4, 0.5) is 10.1 Å². The maximum absolute atomic E-state index is 13.7. The van der Waals surface area contributed by atoms with Crippen molar-refractivity contribution in [3.8, 4) is 17.2 Å². The first-order valence-electron chi connectivity index (χ1n) is 10.1. The minimum Gasteiger partial charge on any atom is -0.486 e. The Morgan fingerprint density at radius 2 is 1.88 bits per heavy atom. The van der Waals surface area contributed by atoms with Gasteiger partial charge in [0, 0.05) is 24.7 Å². The van der Waals surface area contributed by atoms with Crippen LogP contribution in [-0.2, 0) is 14.4 Å². The quantitative estimate of drug-likeness (QED) is 0.680. The first-order valence-corrected chi connectivity index (χ1v) is 10.1. The van der Waals surface area contributed by atoms with Crippen molar-refractivity contribution in [2.75, 3.05) is 24.7 Å². The number of amides is 3. The van der Waals surface area contributed by atoms with Crippen molar-refractivity contribution in [2.45, 2.75) is 19.4 Å². The summed E-state index contributed by atoms with van der Waals surface area (Å²) in [6, 6.07) is 10.9. The standard InChI is InChI=1S/C22H22FN3O6/c1-13(32-17-5-3-2-4-16(17)23)21(28)24-25-22(29)14-10-20(27)26(12-14)15-6-7-18-19(11-15)31-9-8-30-18/h2-7,11,13-14H,8-10,12H2,1H3,(H,24,28)(H,25,29)/t13-,14+/m0/s1. The predicted molar refractivity (Wildman–Crippen MR) is 111 cm³/mol. The van der Waals surface area contributed by atoms with E-state index >= 15 is 0 Å². The number of hydrazine groups is 1. The molecule has 4 rings (SSSR count). The highest BCUT2D eigenvalue weighted by Crippen LogP contribution is 2.35. The molecule has 2 aliphatic heterocycles. The summed E-state index contributed by atoms with van der Waals surface area (Å²) in [6.45, 7) is 2.47. The number of nitrogens with one attached hydrogen (secondary N) is 2. The van der Waals surface area contributed by atoms with Gasteiger partial charge in [0.05, 0.1) is 5.92 Å². The van der Waals surface area contributed by atoms with Crippen LogP contribution in [0.1, 0.15) is 13.3 Å². The summed E-state index contributed by atoms with van der Waals surface area (Å²) in [5.41, 5.74) is 5.17. The molecular weight excluding hydrogens is 421 g/mol. The third-order valence-corrected chi connectivity index (χ3v) is 5.15. The van der Waals surface area contributed by atoms with E-state index in [1.165, 1.54) is 30.0 Å². The zero-order valence-corrected chi connectivity index (χ0v) is 17.3. The summed E-state index contributed by atoms with van der Waals surface area (Å²) in [7, 11) is 0. The van der Waals surface area contributed by atoms with Crippen molar-refractivity contribution in [3.05, 3.63) is 48.3 Å². The van der Waals surface area contributed by atoms with E-state index in [9.17, 15) is 18.8 Å². The third-order valence-electron chi connectivity index (χ3n) is 5.15. The average molecular weight is 443 g/mol. The molecule has 2 aromatic rings. The molecule has 0 radical (unpaired) electrons. The SMILES string of the molecule is C[C@H](Oc1ccccc1F)C(=O)NNC(=O)[C@@H]1CC(=O)N(c2ccc3c(c2)OCCO3)C1. The number of hydrogen-bond acceptors (Lipinski definition) is 6. The number of benzene rings is 2. The monoisotopic (exact) mass is 443 g/mol. The van der Waals surface area contributed by atoms with E-state index in [2.05, 4.69) is 10.9 Å². The number of carbonyl (C=O) groups is 3. The van der Waals surface area contributed by atoms with E-state index in [0.29, 0.717) is 30.4 Å². The molecule has 2 N–H and O–H groups in total. The fourth-order valence-electron chi connectivity index (χ4n) is 3.44. The second-order valence-electron chi connectivity index (χ2n) is 7.40. The molecule has 0 spiro atoms. The molecule has 1 saturated heterocycles. The summed E-state index contributed by atoms with van der Waals surface area (Å²) in [5.74, 6) is -1.55. The average Bonchev–Trinajstić information content (AvgIpc) is 3.20. The van der Waals surface area contributed by atoms with Gasteiger partial charge >= 0.3 is 0 Å². The van der Waals surface area contributed by atoms with Gasteiger partial charge in [-0.05, 0) is 31.2 Å². The summed E-state index contributed by atoms with van der Waals surface area (Å²) in [4.78, 5) is 38.6. The third kappa shape index (κ3) is 4.58. The largest absolute Gasteiger partial charge is 0.486 e. The Bertz CT molecular complexity index is 1050. The van der Waals surface area contributed by atoms with Gasteiger partial charge in [-0.25, -0.2) is 4.39 Å². The first-order chi connectivity index (χ1) is 15.4. The van der Waals surface area contributed by atoms with Gasteiger partial charge in [0.25, 0.3) is 5.91 Å². The molecule has 32 heavy (non-hydrogen) atoms. The van der Waals surface area contributed by atoms with Crippen LogP contribution in [0.15, 0.2) is 42.5 Å². The summed E-state index contributed by atoms with van der Waals surface area (Å²) >= 11 is 0. The van der Waals surface area contributed by atoms with Gasteiger partial charge in [-0.15, -0.1) is 0 Å². The van der Waals surface area contributed by atoms with E-state index in [-0.39, 0.29) is 24.6 Å². The van der Waals surface area contributed by atoms with Gasteiger partial charge in [0.1, 0.15) is 13.2 Å². The van der Waals surface area contributed by atoms with Crippen molar-refractivity contribution in [1.82, 2.24) is 10.9 Å². The van der Waals surface area contributed by atoms with Gasteiger partial charge in [0.2, 0.25) is 11.8 Å². The molecule has 0 unspecified atom stereocenters. The second-order valence-corrected chi connectivity index (χ2v) is 7.40. The summed E-state index contributed by atoms with van der Waals surface area (Å²) in [6.07, 6.45) is -1.05. The number of anilines is 1. The number of nitrogens with zero attached hydrogens (tertiary/aromatic N) is 1. The van der Waals surface area contributed by atoms with E-state index in [4.69, 9.17) is 14.2 Å². The molecule has 2 atom stereocenters. The number of hydrogen-bond donors (Lipinski definition) is 2. The van der Waals surface area contributed by atoms with Gasteiger partial charge in [-0.1, -0.05) is 12.1 Å². The Labute approximate surface area is 183 Å². The van der Waals surface area contributed by atoms with Gasteiger partial charge < -0.3 is 19.1 Å². The van der Waals surface area contributed by atoms with Crippen LogP contribution in [0.5, 0.6) is 17.2 Å². The minimum atomic E-state index is -1.05. The van der Waals surface area contributed by atoms with Crippen molar-refractivity contribution in [3.63, 3.8) is 0 Å². The normalized spacial score (nSPS) is 18.1. The van der Waals surface area contributed by atoms with Crippen molar-refractivity contribution >= 4 is 23.4 Å². The molecule has 3 amide bonds. The van der Waals surface area contributed by atoms with Crippen LogP contribution in [0, 0.1) is 11.7 Å². The molecular formula is C22H22FN3O6. The summed E-state index contributed by atoms with van der Waals surface area (Å²) < 4.78 is 30.0. The van der Waals surface area contributed by atoms with Crippen LogP contribution < -0.4 is 30.0 Å². The highest BCUT2D eigenvalue weighted by atomic mass is 19.1. The van der Waals surface area contributed by atoms with Crippen LogP contribution in [0.3, 0.4) is 0 Å². The molecule has 2 aliphatic rings. The highest BCUT2D eigenvalue weighted by molar-refractivity contribution is 6.00. The Hall–Kier alpha value is -3.82. The van der Waals surface area contributed by atoms with Crippen LogP contribution >= 0.6 is 0 Å². The molecule has 168 valence electrons. The second kappa shape index (κ2) is 9.13. The molecule has 0 bridgehead atoms. The molecule has 1 fully saturated rings. The van der Waals surface area contributed by atoms with Crippen LogP contribution in [0.2, 0.25) is 0 Å². The highest BCUT2D eigenvalue weighted by Gasteiger charge is 2.36. The van der Waals surface area contributed by atoms with E-state index in [0.717, 1.165) is 0 Å². The first kappa shape index (κ1) is 21.4. The molecule has 0 aliphatic carbocycles. The molecule has 9 nitrogen and oxygen atoms in total. The number of rotatable bonds is 5. The van der Waals surface area contributed by atoms with E-state index < -0.39 is 29.7 Å². The maximum atomic E-state index is 13.7. The number of halogens is 1.